The molecule has 0 rings (SSSR count). The summed E-state index contributed by atoms with van der Waals surface area (Å²) in [6.45, 7) is 11.6. The van der Waals surface area contributed by atoms with Crippen LogP contribution in [0.3, 0.4) is 0 Å². The van der Waals surface area contributed by atoms with Crippen molar-refractivity contribution in [3.8, 4) is 0 Å². The highest BCUT2D eigenvalue weighted by molar-refractivity contribution is 4.38. The molecule has 0 unspecified atom stereocenters. The van der Waals surface area contributed by atoms with Gasteiger partial charge in [0, 0.05) is 0 Å². The second-order valence-corrected chi connectivity index (χ2v) is 3.82. The molecule has 74 valence electrons. The van der Waals surface area contributed by atoms with Crippen LogP contribution in [0.15, 0.2) is 0 Å². The maximum atomic E-state index is 2.44. The molecule has 0 bridgehead atoms. The highest BCUT2D eigenvalue weighted by atomic mass is 15.0. The van der Waals surface area contributed by atoms with Crippen molar-refractivity contribution in [3.05, 3.63) is 0 Å². The van der Waals surface area contributed by atoms with Gasteiger partial charge in [0.15, 0.2) is 0 Å². The molecule has 0 aliphatic heterocycles. The van der Waals surface area contributed by atoms with Crippen LogP contribution in [0.1, 0.15) is 40.5 Å². The quantitative estimate of drug-likeness (QED) is 0.497. The molecule has 0 aromatic heterocycles. The zero-order chi connectivity index (χ0) is 9.40. The van der Waals surface area contributed by atoms with E-state index in [4.69, 9.17) is 0 Å². The van der Waals surface area contributed by atoms with E-state index in [0.29, 0.717) is 0 Å². The summed E-state index contributed by atoms with van der Waals surface area (Å²) in [6.07, 6.45) is 2.56. The normalized spacial score (nSPS) is 16.0. The van der Waals surface area contributed by atoms with Gasteiger partial charge in [-0.2, -0.15) is 0 Å². The maximum absolute atomic E-state index is 2.44. The lowest BCUT2D eigenvalue weighted by molar-refractivity contribution is -0.751. The molecule has 0 aliphatic rings. The highest BCUT2D eigenvalue weighted by Gasteiger charge is 2.03. The number of nitrogens with two attached hydrogens (primary N) is 2. The van der Waals surface area contributed by atoms with Gasteiger partial charge in [0.05, 0.1) is 12.1 Å². The molecule has 0 saturated heterocycles. The second kappa shape index (κ2) is 7.56. The lowest BCUT2D eigenvalue weighted by Gasteiger charge is -2.09. The summed E-state index contributed by atoms with van der Waals surface area (Å²) in [6, 6.07) is 1.60. The topological polar surface area (TPSA) is 33.2 Å². The molecule has 12 heavy (non-hydrogen) atoms. The lowest BCUT2D eigenvalue weighted by atomic mass is 10.2. The van der Waals surface area contributed by atoms with Crippen LogP contribution in [-0.4, -0.2) is 25.2 Å². The Morgan fingerprint density at radius 1 is 0.833 bits per heavy atom. The molecule has 2 atom stereocenters. The van der Waals surface area contributed by atoms with E-state index in [-0.39, 0.29) is 0 Å². The Morgan fingerprint density at radius 3 is 1.42 bits per heavy atom. The SMILES string of the molecule is CC[C@@H](C)[NH2+]CC[NH2+][C@H](C)CC. The van der Waals surface area contributed by atoms with Crippen LogP contribution in [-0.2, 0) is 0 Å². The molecule has 2 nitrogen and oxygen atoms in total. The molecule has 2 heteroatoms. The molecule has 4 N–H and O–H groups in total. The van der Waals surface area contributed by atoms with Crippen LogP contribution in [0.2, 0.25) is 0 Å². The van der Waals surface area contributed by atoms with Crippen LogP contribution in [0.4, 0.5) is 0 Å². The lowest BCUT2D eigenvalue weighted by Crippen LogP contribution is -2.99. The Kier molecular flexibility index (Phi) is 7.51. The molecule has 0 saturated carbocycles. The van der Waals surface area contributed by atoms with E-state index in [0.717, 1.165) is 12.1 Å². The Hall–Kier alpha value is -0.0800. The first kappa shape index (κ1) is 11.9. The minimum Gasteiger partial charge on any atom is -0.339 e. The molecule has 0 amide bonds. The van der Waals surface area contributed by atoms with E-state index in [2.05, 4.69) is 38.3 Å². The van der Waals surface area contributed by atoms with Crippen LogP contribution in [0.25, 0.3) is 0 Å². The van der Waals surface area contributed by atoms with Crippen molar-refractivity contribution in [2.45, 2.75) is 52.6 Å². The molecule has 0 aromatic carbocycles. The number of rotatable bonds is 7. The Bertz CT molecular complexity index is 81.8. The van der Waals surface area contributed by atoms with Crippen LogP contribution in [0.5, 0.6) is 0 Å². The van der Waals surface area contributed by atoms with E-state index < -0.39 is 0 Å². The van der Waals surface area contributed by atoms with Crippen molar-refractivity contribution in [3.63, 3.8) is 0 Å². The van der Waals surface area contributed by atoms with Crippen molar-refractivity contribution in [2.24, 2.45) is 0 Å². The smallest absolute Gasteiger partial charge is 0.125 e. The molecule has 0 spiro atoms. The molecular formula is C10H26N2+2. The fraction of sp³-hybridized carbons (Fsp3) is 1.00. The first-order valence-electron chi connectivity index (χ1n) is 5.37. The van der Waals surface area contributed by atoms with Crippen molar-refractivity contribution >= 4 is 0 Å². The summed E-state index contributed by atoms with van der Waals surface area (Å²) in [5.41, 5.74) is 0. The first-order chi connectivity index (χ1) is 5.70. The second-order valence-electron chi connectivity index (χ2n) is 3.82. The van der Waals surface area contributed by atoms with E-state index in [1.54, 1.807) is 0 Å². The van der Waals surface area contributed by atoms with Gasteiger partial charge >= 0.3 is 0 Å². The standard InChI is InChI=1S/C10H24N2/c1-5-9(3)11-7-8-12-10(4)6-2/h9-12H,5-8H2,1-4H3/p+2/t9-,10-/m1/s1. The third kappa shape index (κ3) is 6.62. The van der Waals surface area contributed by atoms with Crippen LogP contribution in [0, 0.1) is 0 Å². The number of hydrogen-bond donors (Lipinski definition) is 2. The van der Waals surface area contributed by atoms with Crippen LogP contribution >= 0.6 is 0 Å². The molecule has 0 aliphatic carbocycles. The third-order valence-corrected chi connectivity index (χ3v) is 2.59. The van der Waals surface area contributed by atoms with Crippen molar-refractivity contribution in [1.29, 1.82) is 0 Å². The third-order valence-electron chi connectivity index (χ3n) is 2.59. The molecule has 0 fully saturated rings. The molecule has 0 aromatic rings. The summed E-state index contributed by atoms with van der Waals surface area (Å²) in [4.78, 5) is 0. The fourth-order valence-corrected chi connectivity index (χ4v) is 1.09. The monoisotopic (exact) mass is 174 g/mol. The first-order valence-corrected chi connectivity index (χ1v) is 5.37. The largest absolute Gasteiger partial charge is 0.339 e. The predicted molar refractivity (Wildman–Crippen MR) is 53.1 cm³/mol. The van der Waals surface area contributed by atoms with Gasteiger partial charge in [-0.25, -0.2) is 0 Å². The van der Waals surface area contributed by atoms with Crippen molar-refractivity contribution < 1.29 is 10.6 Å². The van der Waals surface area contributed by atoms with Crippen molar-refractivity contribution in [1.82, 2.24) is 0 Å². The average molecular weight is 174 g/mol. The van der Waals surface area contributed by atoms with Gasteiger partial charge in [-0.05, 0) is 26.7 Å². The van der Waals surface area contributed by atoms with E-state index in [1.165, 1.54) is 25.9 Å². The minimum absolute atomic E-state index is 0.801. The van der Waals surface area contributed by atoms with E-state index >= 15 is 0 Å². The Balaban J connectivity index is 3.10. The summed E-state index contributed by atoms with van der Waals surface area (Å²) >= 11 is 0. The van der Waals surface area contributed by atoms with Gasteiger partial charge in [-0.3, -0.25) is 0 Å². The fourth-order valence-electron chi connectivity index (χ4n) is 1.09. The van der Waals surface area contributed by atoms with E-state index in [9.17, 15) is 0 Å². The zero-order valence-corrected chi connectivity index (χ0v) is 9.14. The summed E-state index contributed by atoms with van der Waals surface area (Å²) in [5, 5.41) is 4.89. The average Bonchev–Trinajstić information content (AvgIpc) is 2.11. The zero-order valence-electron chi connectivity index (χ0n) is 9.14. The highest BCUT2D eigenvalue weighted by Crippen LogP contribution is 1.78. The summed E-state index contributed by atoms with van der Waals surface area (Å²) in [7, 11) is 0. The Morgan fingerprint density at radius 2 is 1.17 bits per heavy atom. The van der Waals surface area contributed by atoms with Gasteiger partial charge < -0.3 is 10.6 Å². The predicted octanol–water partition coefficient (Wildman–Crippen LogP) is -0.290. The maximum Gasteiger partial charge on any atom is 0.125 e. The molecular weight excluding hydrogens is 148 g/mol. The van der Waals surface area contributed by atoms with Crippen molar-refractivity contribution in [2.75, 3.05) is 13.1 Å². The van der Waals surface area contributed by atoms with Gasteiger partial charge in [0.2, 0.25) is 0 Å². The number of hydrogen-bond acceptors (Lipinski definition) is 0. The van der Waals surface area contributed by atoms with Gasteiger partial charge in [-0.15, -0.1) is 0 Å². The molecule has 0 heterocycles. The van der Waals surface area contributed by atoms with Crippen LogP contribution < -0.4 is 10.6 Å². The summed E-state index contributed by atoms with van der Waals surface area (Å²) in [5.74, 6) is 0. The molecule has 0 radical (unpaired) electrons. The Labute approximate surface area is 77.1 Å². The number of quaternary nitrogens is 2. The van der Waals surface area contributed by atoms with E-state index in [1.807, 2.05) is 0 Å². The minimum atomic E-state index is 0.801. The van der Waals surface area contributed by atoms with Gasteiger partial charge in [-0.1, -0.05) is 13.8 Å². The van der Waals surface area contributed by atoms with Gasteiger partial charge in [0.1, 0.15) is 13.1 Å². The summed E-state index contributed by atoms with van der Waals surface area (Å²) < 4.78 is 0. The van der Waals surface area contributed by atoms with Gasteiger partial charge in [0.25, 0.3) is 0 Å².